The Hall–Kier alpha value is -1.22. The number of nitrogens with two attached hydrogens (primary N) is 1. The third-order valence-electron chi connectivity index (χ3n) is 3.23. The number of hydrogen-bond donors (Lipinski definition) is 1. The molecular formula is C13H18ClNO2. The van der Waals surface area contributed by atoms with E-state index in [1.54, 1.807) is 6.07 Å². The number of carbonyl (C=O) groups is 1. The van der Waals surface area contributed by atoms with Gasteiger partial charge in [-0.3, -0.25) is 0 Å². The van der Waals surface area contributed by atoms with Crippen molar-refractivity contribution in [1.29, 1.82) is 0 Å². The molecule has 0 aromatic heterocycles. The van der Waals surface area contributed by atoms with E-state index >= 15 is 0 Å². The Labute approximate surface area is 108 Å². The van der Waals surface area contributed by atoms with Crippen LogP contribution >= 0.6 is 12.4 Å². The quantitative estimate of drug-likeness (QED) is 0.653. The fourth-order valence-corrected chi connectivity index (χ4v) is 2.41. The highest BCUT2D eigenvalue weighted by molar-refractivity contribution is 5.90. The van der Waals surface area contributed by atoms with Crippen LogP contribution in [0, 0.1) is 0 Å². The number of anilines is 1. The first-order chi connectivity index (χ1) is 7.70. The number of esters is 1. The van der Waals surface area contributed by atoms with E-state index in [1.807, 2.05) is 12.1 Å². The van der Waals surface area contributed by atoms with Crippen LogP contribution < -0.4 is 5.73 Å². The fraction of sp³-hybridized carbons (Fsp3) is 0.462. The predicted octanol–water partition coefficient (Wildman–Crippen LogP) is 3.13. The van der Waals surface area contributed by atoms with Crippen LogP contribution in [0.4, 0.5) is 5.69 Å². The molecule has 0 spiro atoms. The van der Waals surface area contributed by atoms with Crippen molar-refractivity contribution >= 4 is 24.1 Å². The Morgan fingerprint density at radius 1 is 1.29 bits per heavy atom. The van der Waals surface area contributed by atoms with Gasteiger partial charge in [0.15, 0.2) is 0 Å². The molecule has 4 heteroatoms. The van der Waals surface area contributed by atoms with Crippen LogP contribution in [0.25, 0.3) is 0 Å². The maximum Gasteiger partial charge on any atom is 0.337 e. The molecule has 0 bridgehead atoms. The van der Waals surface area contributed by atoms with Crippen LogP contribution in [0.3, 0.4) is 0 Å². The third kappa shape index (κ3) is 3.13. The number of methoxy groups -OCH3 is 1. The lowest BCUT2D eigenvalue weighted by Crippen LogP contribution is -2.04. The highest BCUT2D eigenvalue weighted by Crippen LogP contribution is 2.35. The van der Waals surface area contributed by atoms with Gasteiger partial charge in [-0.1, -0.05) is 12.8 Å². The molecule has 0 aliphatic heterocycles. The molecule has 0 saturated heterocycles. The van der Waals surface area contributed by atoms with Gasteiger partial charge in [-0.2, -0.15) is 0 Å². The highest BCUT2D eigenvalue weighted by Gasteiger charge is 2.19. The van der Waals surface area contributed by atoms with Gasteiger partial charge < -0.3 is 10.5 Å². The molecular weight excluding hydrogens is 238 g/mol. The van der Waals surface area contributed by atoms with E-state index in [2.05, 4.69) is 0 Å². The first kappa shape index (κ1) is 13.8. The highest BCUT2D eigenvalue weighted by atomic mass is 35.5. The molecule has 2 rings (SSSR count). The zero-order valence-corrected chi connectivity index (χ0v) is 10.8. The first-order valence-electron chi connectivity index (χ1n) is 5.69. The zero-order valence-electron chi connectivity index (χ0n) is 9.94. The summed E-state index contributed by atoms with van der Waals surface area (Å²) in [6.45, 7) is 0. The number of hydrogen-bond acceptors (Lipinski definition) is 3. The van der Waals surface area contributed by atoms with Crippen molar-refractivity contribution in [2.45, 2.75) is 31.6 Å². The van der Waals surface area contributed by atoms with Crippen molar-refractivity contribution < 1.29 is 9.53 Å². The number of halogens is 1. The maximum absolute atomic E-state index is 11.5. The van der Waals surface area contributed by atoms with Gasteiger partial charge in [0.2, 0.25) is 0 Å². The Balaban J connectivity index is 0.00000144. The maximum atomic E-state index is 11.5. The molecule has 0 atom stereocenters. The second kappa shape index (κ2) is 5.92. The van der Waals surface area contributed by atoms with E-state index < -0.39 is 0 Å². The second-order valence-corrected chi connectivity index (χ2v) is 4.36. The molecule has 2 N–H and O–H groups in total. The van der Waals surface area contributed by atoms with Gasteiger partial charge in [0.25, 0.3) is 0 Å². The van der Waals surface area contributed by atoms with Gasteiger partial charge in [-0.25, -0.2) is 4.79 Å². The van der Waals surface area contributed by atoms with Crippen LogP contribution in [0.15, 0.2) is 18.2 Å². The monoisotopic (exact) mass is 255 g/mol. The van der Waals surface area contributed by atoms with Gasteiger partial charge in [-0.15, -0.1) is 12.4 Å². The third-order valence-corrected chi connectivity index (χ3v) is 3.23. The van der Waals surface area contributed by atoms with Gasteiger partial charge >= 0.3 is 5.97 Å². The summed E-state index contributed by atoms with van der Waals surface area (Å²) in [5.74, 6) is 0.249. The zero-order chi connectivity index (χ0) is 11.5. The molecule has 0 radical (unpaired) electrons. The minimum atomic E-state index is -0.313. The Kier molecular flexibility index (Phi) is 4.82. The molecule has 94 valence electrons. The number of rotatable bonds is 2. The van der Waals surface area contributed by atoms with Crippen LogP contribution in [-0.2, 0) is 4.74 Å². The molecule has 1 aromatic rings. The molecule has 1 aliphatic rings. The summed E-state index contributed by atoms with van der Waals surface area (Å²) in [5, 5.41) is 0. The van der Waals surface area contributed by atoms with Crippen molar-refractivity contribution in [1.82, 2.24) is 0 Å². The molecule has 0 heterocycles. The summed E-state index contributed by atoms with van der Waals surface area (Å²) in [5.41, 5.74) is 8.19. The van der Waals surface area contributed by atoms with Crippen LogP contribution in [0.2, 0.25) is 0 Å². The van der Waals surface area contributed by atoms with Gasteiger partial charge in [-0.05, 0) is 42.5 Å². The molecule has 3 nitrogen and oxygen atoms in total. The van der Waals surface area contributed by atoms with Crippen LogP contribution in [-0.4, -0.2) is 13.1 Å². The Bertz CT molecular complexity index is 400. The summed E-state index contributed by atoms with van der Waals surface area (Å²) < 4.78 is 4.71. The topological polar surface area (TPSA) is 52.3 Å². The summed E-state index contributed by atoms with van der Waals surface area (Å²) >= 11 is 0. The standard InChI is InChI=1S/C13H17NO2.ClH/c1-16-13(15)11-6-10(7-12(14)8-11)9-4-2-3-5-9;/h6-9H,2-5,14H2,1H3;1H. The minimum absolute atomic E-state index is 0. The normalized spacial score (nSPS) is 15.4. The van der Waals surface area contributed by atoms with E-state index in [1.165, 1.54) is 38.4 Å². The number of nitrogen functional groups attached to an aromatic ring is 1. The van der Waals surface area contributed by atoms with Crippen molar-refractivity contribution in [3.63, 3.8) is 0 Å². The lowest BCUT2D eigenvalue weighted by Gasteiger charge is -2.11. The predicted molar refractivity (Wildman–Crippen MR) is 70.7 cm³/mol. The molecule has 1 aliphatic carbocycles. The molecule has 1 aromatic carbocycles. The van der Waals surface area contributed by atoms with Crippen molar-refractivity contribution in [3.05, 3.63) is 29.3 Å². The first-order valence-corrected chi connectivity index (χ1v) is 5.69. The van der Waals surface area contributed by atoms with Crippen molar-refractivity contribution in [2.24, 2.45) is 0 Å². The van der Waals surface area contributed by atoms with Gasteiger partial charge in [0.1, 0.15) is 0 Å². The van der Waals surface area contributed by atoms with Crippen molar-refractivity contribution in [2.75, 3.05) is 12.8 Å². The summed E-state index contributed by atoms with van der Waals surface area (Å²) in [7, 11) is 1.39. The second-order valence-electron chi connectivity index (χ2n) is 4.36. The minimum Gasteiger partial charge on any atom is -0.465 e. The van der Waals surface area contributed by atoms with E-state index in [0.29, 0.717) is 17.2 Å². The van der Waals surface area contributed by atoms with Gasteiger partial charge in [0, 0.05) is 5.69 Å². The van der Waals surface area contributed by atoms with E-state index in [9.17, 15) is 4.79 Å². The molecule has 1 fully saturated rings. The van der Waals surface area contributed by atoms with E-state index in [0.717, 1.165) is 0 Å². The Morgan fingerprint density at radius 2 is 1.94 bits per heavy atom. The van der Waals surface area contributed by atoms with Gasteiger partial charge in [0.05, 0.1) is 12.7 Å². The van der Waals surface area contributed by atoms with E-state index in [-0.39, 0.29) is 18.4 Å². The molecule has 17 heavy (non-hydrogen) atoms. The largest absolute Gasteiger partial charge is 0.465 e. The lowest BCUT2D eigenvalue weighted by atomic mass is 9.95. The molecule has 0 amide bonds. The smallest absolute Gasteiger partial charge is 0.337 e. The summed E-state index contributed by atoms with van der Waals surface area (Å²) in [4.78, 5) is 11.5. The Morgan fingerprint density at radius 3 is 2.53 bits per heavy atom. The van der Waals surface area contributed by atoms with E-state index in [4.69, 9.17) is 10.5 Å². The SMILES string of the molecule is COC(=O)c1cc(N)cc(C2CCCC2)c1.Cl. The average molecular weight is 256 g/mol. The fourth-order valence-electron chi connectivity index (χ4n) is 2.41. The van der Waals surface area contributed by atoms with Crippen LogP contribution in [0.1, 0.15) is 47.5 Å². The number of ether oxygens (including phenoxy) is 1. The average Bonchev–Trinajstić information content (AvgIpc) is 2.80. The molecule has 0 unspecified atom stereocenters. The number of carbonyl (C=O) groups excluding carboxylic acids is 1. The lowest BCUT2D eigenvalue weighted by molar-refractivity contribution is 0.0600. The summed E-state index contributed by atoms with van der Waals surface area (Å²) in [6, 6.07) is 5.56. The van der Waals surface area contributed by atoms with Crippen molar-refractivity contribution in [3.8, 4) is 0 Å². The molecule has 1 saturated carbocycles. The van der Waals surface area contributed by atoms with Crippen LogP contribution in [0.5, 0.6) is 0 Å². The number of benzene rings is 1. The summed E-state index contributed by atoms with van der Waals surface area (Å²) in [6.07, 6.45) is 4.94.